The van der Waals surface area contributed by atoms with Crippen molar-refractivity contribution in [3.05, 3.63) is 0 Å². The molecule has 1 saturated heterocycles. The Labute approximate surface area is 127 Å². The van der Waals surface area contributed by atoms with Crippen LogP contribution in [-0.4, -0.2) is 42.4 Å². The van der Waals surface area contributed by atoms with Gasteiger partial charge in [0.25, 0.3) is 0 Å². The van der Waals surface area contributed by atoms with Crippen LogP contribution in [0, 0.1) is 17.8 Å². The topological polar surface area (TPSA) is 75.4 Å². The maximum absolute atomic E-state index is 12.7. The van der Waals surface area contributed by atoms with E-state index in [0.29, 0.717) is 19.0 Å². The number of hydrogen-bond donors (Lipinski definition) is 2. The van der Waals surface area contributed by atoms with E-state index >= 15 is 0 Å². The summed E-state index contributed by atoms with van der Waals surface area (Å²) >= 11 is 0. The van der Waals surface area contributed by atoms with Gasteiger partial charge in [-0.3, -0.25) is 9.59 Å². The van der Waals surface area contributed by atoms with E-state index in [2.05, 4.69) is 5.32 Å². The van der Waals surface area contributed by atoms with Crippen molar-refractivity contribution in [3.8, 4) is 0 Å². The molecule has 21 heavy (non-hydrogen) atoms. The first-order chi connectivity index (χ1) is 10.0. The highest BCUT2D eigenvalue weighted by Crippen LogP contribution is 2.33. The molecule has 0 aromatic rings. The van der Waals surface area contributed by atoms with Crippen molar-refractivity contribution in [1.82, 2.24) is 10.2 Å². The molecule has 2 aliphatic rings. The zero-order valence-electron chi connectivity index (χ0n) is 13.3. The molecule has 1 heterocycles. The summed E-state index contributed by atoms with van der Waals surface area (Å²) in [6.45, 7) is 5.88. The average molecular weight is 295 g/mol. The highest BCUT2D eigenvalue weighted by atomic mass is 16.2. The van der Waals surface area contributed by atoms with Gasteiger partial charge in [-0.15, -0.1) is 0 Å². The number of rotatable bonds is 4. The third-order valence-corrected chi connectivity index (χ3v) is 4.88. The van der Waals surface area contributed by atoms with Gasteiger partial charge in [0.15, 0.2) is 0 Å². The van der Waals surface area contributed by atoms with Crippen molar-refractivity contribution < 1.29 is 9.59 Å². The van der Waals surface area contributed by atoms with Crippen molar-refractivity contribution in [2.75, 3.05) is 19.6 Å². The summed E-state index contributed by atoms with van der Waals surface area (Å²) < 4.78 is 0. The Morgan fingerprint density at radius 3 is 2.67 bits per heavy atom. The molecular weight excluding hydrogens is 266 g/mol. The Bertz CT molecular complexity index is 384. The second kappa shape index (κ2) is 7.25. The largest absolute Gasteiger partial charge is 0.351 e. The van der Waals surface area contributed by atoms with E-state index in [4.69, 9.17) is 5.73 Å². The van der Waals surface area contributed by atoms with Gasteiger partial charge >= 0.3 is 0 Å². The summed E-state index contributed by atoms with van der Waals surface area (Å²) in [6.07, 6.45) is 5.09. The molecule has 120 valence electrons. The minimum Gasteiger partial charge on any atom is -0.351 e. The van der Waals surface area contributed by atoms with E-state index < -0.39 is 0 Å². The SMILES string of the molecule is CC(C)C(=O)NC1CCCN(C(=O)[C@@H]2CCC[C@@H]2CN)C1. The van der Waals surface area contributed by atoms with Crippen LogP contribution in [0.5, 0.6) is 0 Å². The monoisotopic (exact) mass is 295 g/mol. The first-order valence-corrected chi connectivity index (χ1v) is 8.32. The van der Waals surface area contributed by atoms with Gasteiger partial charge in [-0.1, -0.05) is 20.3 Å². The molecule has 5 heteroatoms. The normalized spacial score (nSPS) is 29.7. The quantitative estimate of drug-likeness (QED) is 0.816. The number of piperidine rings is 1. The molecule has 2 fully saturated rings. The molecule has 1 aliphatic heterocycles. The van der Waals surface area contributed by atoms with Crippen LogP contribution in [-0.2, 0) is 9.59 Å². The van der Waals surface area contributed by atoms with Crippen molar-refractivity contribution in [1.29, 1.82) is 0 Å². The summed E-state index contributed by atoms with van der Waals surface area (Å²) in [5.74, 6) is 0.784. The van der Waals surface area contributed by atoms with Crippen LogP contribution < -0.4 is 11.1 Å². The van der Waals surface area contributed by atoms with E-state index in [-0.39, 0.29) is 29.7 Å². The summed E-state index contributed by atoms with van der Waals surface area (Å²) in [6, 6.07) is 0.107. The fraction of sp³-hybridized carbons (Fsp3) is 0.875. The Kier molecular flexibility index (Phi) is 5.62. The molecule has 0 aromatic carbocycles. The summed E-state index contributed by atoms with van der Waals surface area (Å²) in [5.41, 5.74) is 5.79. The number of carbonyl (C=O) groups is 2. The molecule has 5 nitrogen and oxygen atoms in total. The Morgan fingerprint density at radius 2 is 2.00 bits per heavy atom. The zero-order valence-corrected chi connectivity index (χ0v) is 13.3. The lowest BCUT2D eigenvalue weighted by Gasteiger charge is -2.36. The van der Waals surface area contributed by atoms with Crippen LogP contribution in [0.15, 0.2) is 0 Å². The van der Waals surface area contributed by atoms with E-state index in [1.54, 1.807) is 0 Å². The van der Waals surface area contributed by atoms with Crippen molar-refractivity contribution >= 4 is 11.8 Å². The fourth-order valence-corrected chi connectivity index (χ4v) is 3.54. The predicted molar refractivity (Wildman–Crippen MR) is 82.5 cm³/mol. The fourth-order valence-electron chi connectivity index (χ4n) is 3.54. The highest BCUT2D eigenvalue weighted by Gasteiger charge is 2.36. The van der Waals surface area contributed by atoms with Crippen molar-refractivity contribution in [2.24, 2.45) is 23.5 Å². The van der Waals surface area contributed by atoms with Gasteiger partial charge < -0.3 is 16.0 Å². The maximum Gasteiger partial charge on any atom is 0.226 e. The second-order valence-electron chi connectivity index (χ2n) is 6.82. The van der Waals surface area contributed by atoms with Crippen LogP contribution in [0.3, 0.4) is 0 Å². The summed E-state index contributed by atoms with van der Waals surface area (Å²) in [5, 5.41) is 3.06. The second-order valence-corrected chi connectivity index (χ2v) is 6.82. The molecule has 2 rings (SSSR count). The lowest BCUT2D eigenvalue weighted by molar-refractivity contribution is -0.139. The molecule has 0 spiro atoms. The van der Waals surface area contributed by atoms with Gasteiger partial charge in [0, 0.05) is 31.0 Å². The molecule has 1 unspecified atom stereocenters. The van der Waals surface area contributed by atoms with E-state index in [1.165, 1.54) is 0 Å². The lowest BCUT2D eigenvalue weighted by Crippen LogP contribution is -2.52. The predicted octanol–water partition coefficient (Wildman–Crippen LogP) is 1.12. The van der Waals surface area contributed by atoms with Crippen LogP contribution >= 0.6 is 0 Å². The van der Waals surface area contributed by atoms with Gasteiger partial charge in [-0.25, -0.2) is 0 Å². The molecular formula is C16H29N3O2. The van der Waals surface area contributed by atoms with Gasteiger partial charge in [0.1, 0.15) is 0 Å². The minimum atomic E-state index is -0.00692. The maximum atomic E-state index is 12.7. The standard InChI is InChI=1S/C16H29N3O2/c1-11(2)15(20)18-13-6-4-8-19(10-13)16(21)14-7-3-5-12(14)9-17/h11-14H,3-10,17H2,1-2H3,(H,18,20)/t12-,13?,14-/m1/s1. The number of nitrogens with one attached hydrogen (secondary N) is 1. The first kappa shape index (κ1) is 16.3. The van der Waals surface area contributed by atoms with E-state index in [1.807, 2.05) is 18.7 Å². The minimum absolute atomic E-state index is 0.00692. The molecule has 0 bridgehead atoms. The van der Waals surface area contributed by atoms with Crippen LogP contribution in [0.4, 0.5) is 0 Å². The molecule has 3 N–H and O–H groups in total. The first-order valence-electron chi connectivity index (χ1n) is 8.32. The van der Waals surface area contributed by atoms with Crippen molar-refractivity contribution in [2.45, 2.75) is 52.0 Å². The molecule has 0 radical (unpaired) electrons. The van der Waals surface area contributed by atoms with Gasteiger partial charge in [-0.05, 0) is 38.1 Å². The Hall–Kier alpha value is -1.10. The molecule has 1 saturated carbocycles. The number of nitrogens with two attached hydrogens (primary N) is 1. The zero-order chi connectivity index (χ0) is 15.4. The number of hydrogen-bond acceptors (Lipinski definition) is 3. The average Bonchev–Trinajstić information content (AvgIpc) is 2.95. The highest BCUT2D eigenvalue weighted by molar-refractivity contribution is 5.80. The molecule has 2 amide bonds. The third kappa shape index (κ3) is 3.96. The Morgan fingerprint density at radius 1 is 1.24 bits per heavy atom. The van der Waals surface area contributed by atoms with Crippen molar-refractivity contribution in [3.63, 3.8) is 0 Å². The van der Waals surface area contributed by atoms with E-state index in [0.717, 1.165) is 38.6 Å². The van der Waals surface area contributed by atoms with Crippen LogP contribution in [0.2, 0.25) is 0 Å². The van der Waals surface area contributed by atoms with Gasteiger partial charge in [0.05, 0.1) is 0 Å². The Balaban J connectivity index is 1.91. The third-order valence-electron chi connectivity index (χ3n) is 4.88. The summed E-state index contributed by atoms with van der Waals surface area (Å²) in [7, 11) is 0. The number of nitrogens with zero attached hydrogens (tertiary/aromatic N) is 1. The summed E-state index contributed by atoms with van der Waals surface area (Å²) in [4.78, 5) is 26.5. The van der Waals surface area contributed by atoms with Crippen LogP contribution in [0.25, 0.3) is 0 Å². The number of amides is 2. The smallest absolute Gasteiger partial charge is 0.226 e. The van der Waals surface area contributed by atoms with E-state index in [9.17, 15) is 9.59 Å². The molecule has 0 aromatic heterocycles. The van der Waals surface area contributed by atoms with Gasteiger partial charge in [0.2, 0.25) is 11.8 Å². The number of carbonyl (C=O) groups excluding carboxylic acids is 2. The van der Waals surface area contributed by atoms with Gasteiger partial charge in [-0.2, -0.15) is 0 Å². The molecule has 3 atom stereocenters. The van der Waals surface area contributed by atoms with Crippen LogP contribution in [0.1, 0.15) is 46.0 Å². The lowest BCUT2D eigenvalue weighted by atomic mass is 9.93. The molecule has 1 aliphatic carbocycles. The number of likely N-dealkylation sites (tertiary alicyclic amines) is 1.